The van der Waals surface area contributed by atoms with Gasteiger partial charge in [0.25, 0.3) is 0 Å². The van der Waals surface area contributed by atoms with Crippen molar-refractivity contribution >= 4 is 11.6 Å². The molecule has 0 saturated heterocycles. The van der Waals surface area contributed by atoms with E-state index in [1.807, 2.05) is 13.0 Å². The highest BCUT2D eigenvalue weighted by Crippen LogP contribution is 2.52. The molecule has 2 bridgehead atoms. The molecule has 3 atom stereocenters. The van der Waals surface area contributed by atoms with Gasteiger partial charge in [0.15, 0.2) is 0 Å². The fourth-order valence-electron chi connectivity index (χ4n) is 3.45. The van der Waals surface area contributed by atoms with Gasteiger partial charge in [0.2, 0.25) is 0 Å². The summed E-state index contributed by atoms with van der Waals surface area (Å²) in [5.41, 5.74) is 2.04. The Labute approximate surface area is 101 Å². The zero-order valence-electron chi connectivity index (χ0n) is 9.62. The second-order valence-electron chi connectivity index (χ2n) is 5.27. The monoisotopic (exact) mass is 236 g/mol. The molecular formula is C13H17ClN2. The normalized spacial score (nSPS) is 32.2. The van der Waals surface area contributed by atoms with Crippen molar-refractivity contribution in [3.05, 3.63) is 23.3 Å². The average Bonchev–Trinajstić information content (AvgIpc) is 2.89. The highest BCUT2D eigenvalue weighted by atomic mass is 35.5. The summed E-state index contributed by atoms with van der Waals surface area (Å²) >= 11 is 5.87. The number of nitrogens with zero attached hydrogens (tertiary/aromatic N) is 2. The van der Waals surface area contributed by atoms with Crippen LogP contribution in [0.5, 0.6) is 0 Å². The number of rotatable bonds is 2. The van der Waals surface area contributed by atoms with Crippen LogP contribution in [0.3, 0.4) is 0 Å². The number of aromatic nitrogens is 2. The third-order valence-corrected chi connectivity index (χ3v) is 4.41. The maximum Gasteiger partial charge on any atom is 0.132 e. The molecule has 0 aliphatic heterocycles. The highest BCUT2D eigenvalue weighted by Gasteiger charge is 2.41. The summed E-state index contributed by atoms with van der Waals surface area (Å²) in [6, 6.07) is 1.99. The topological polar surface area (TPSA) is 25.8 Å². The Morgan fingerprint density at radius 1 is 1.31 bits per heavy atom. The van der Waals surface area contributed by atoms with Crippen LogP contribution in [0, 0.1) is 18.8 Å². The Morgan fingerprint density at radius 2 is 2.19 bits per heavy atom. The third-order valence-electron chi connectivity index (χ3n) is 4.13. The predicted octanol–water partition coefficient (Wildman–Crippen LogP) is 3.43. The maximum absolute atomic E-state index is 5.87. The summed E-state index contributed by atoms with van der Waals surface area (Å²) < 4.78 is 0. The van der Waals surface area contributed by atoms with Crippen molar-refractivity contribution in [2.24, 2.45) is 11.8 Å². The molecule has 1 aromatic rings. The maximum atomic E-state index is 5.87. The summed E-state index contributed by atoms with van der Waals surface area (Å²) in [6.07, 6.45) is 5.51. The molecule has 86 valence electrons. The van der Waals surface area contributed by atoms with E-state index >= 15 is 0 Å². The van der Waals surface area contributed by atoms with E-state index in [-0.39, 0.29) is 0 Å². The fraction of sp³-hybridized carbons (Fsp3) is 0.692. The summed E-state index contributed by atoms with van der Waals surface area (Å²) in [6.45, 7) is 2.04. The Morgan fingerprint density at radius 3 is 2.81 bits per heavy atom. The highest BCUT2D eigenvalue weighted by molar-refractivity contribution is 6.16. The lowest BCUT2D eigenvalue weighted by Crippen LogP contribution is -2.13. The molecule has 0 radical (unpaired) electrons. The first-order chi connectivity index (χ1) is 7.76. The fourth-order valence-corrected chi connectivity index (χ4v) is 3.59. The van der Waals surface area contributed by atoms with Gasteiger partial charge < -0.3 is 0 Å². The van der Waals surface area contributed by atoms with Gasteiger partial charge in [0, 0.05) is 11.6 Å². The molecule has 1 aromatic heterocycles. The van der Waals surface area contributed by atoms with Gasteiger partial charge in [-0.15, -0.1) is 11.6 Å². The Bertz CT molecular complexity index is 405. The van der Waals surface area contributed by atoms with Crippen LogP contribution in [0.1, 0.15) is 48.8 Å². The zero-order chi connectivity index (χ0) is 11.1. The van der Waals surface area contributed by atoms with Crippen molar-refractivity contribution in [1.29, 1.82) is 0 Å². The van der Waals surface area contributed by atoms with Crippen LogP contribution in [0.15, 0.2) is 6.07 Å². The summed E-state index contributed by atoms with van der Waals surface area (Å²) in [5, 5.41) is 0. The lowest BCUT2D eigenvalue weighted by Gasteiger charge is -2.20. The van der Waals surface area contributed by atoms with E-state index in [0.29, 0.717) is 11.8 Å². The first-order valence-corrected chi connectivity index (χ1v) is 6.70. The molecule has 0 N–H and O–H groups in total. The van der Waals surface area contributed by atoms with E-state index in [2.05, 4.69) is 9.97 Å². The number of fused-ring (bicyclic) bond motifs is 2. The summed E-state index contributed by atoms with van der Waals surface area (Å²) in [7, 11) is 0. The quantitative estimate of drug-likeness (QED) is 0.736. The van der Waals surface area contributed by atoms with Gasteiger partial charge in [-0.2, -0.15) is 0 Å². The van der Waals surface area contributed by atoms with Crippen LogP contribution >= 0.6 is 11.6 Å². The van der Waals surface area contributed by atoms with Crippen LogP contribution in [-0.4, -0.2) is 9.97 Å². The molecule has 16 heavy (non-hydrogen) atoms. The van der Waals surface area contributed by atoms with E-state index < -0.39 is 0 Å². The lowest BCUT2D eigenvalue weighted by atomic mass is 9.88. The molecule has 0 aromatic carbocycles. The number of aryl methyl sites for hydroxylation is 1. The van der Waals surface area contributed by atoms with Crippen molar-refractivity contribution < 1.29 is 0 Å². The van der Waals surface area contributed by atoms with Gasteiger partial charge in [-0.3, -0.25) is 0 Å². The van der Waals surface area contributed by atoms with Crippen LogP contribution < -0.4 is 0 Å². The molecular weight excluding hydrogens is 220 g/mol. The van der Waals surface area contributed by atoms with Gasteiger partial charge in [-0.1, -0.05) is 6.42 Å². The molecule has 2 fully saturated rings. The molecule has 0 amide bonds. The van der Waals surface area contributed by atoms with Crippen LogP contribution in [0.25, 0.3) is 0 Å². The van der Waals surface area contributed by atoms with E-state index in [0.717, 1.165) is 29.0 Å². The SMILES string of the molecule is Cc1cc(CCl)nc(C2CC3CCC2C3)n1. The first-order valence-electron chi connectivity index (χ1n) is 6.16. The van der Waals surface area contributed by atoms with Crippen molar-refractivity contribution in [1.82, 2.24) is 9.97 Å². The molecule has 2 nitrogen and oxygen atoms in total. The minimum absolute atomic E-state index is 0.497. The van der Waals surface area contributed by atoms with Crippen LogP contribution in [0.2, 0.25) is 0 Å². The second-order valence-corrected chi connectivity index (χ2v) is 5.54. The van der Waals surface area contributed by atoms with E-state index in [1.54, 1.807) is 0 Å². The number of alkyl halides is 1. The predicted molar refractivity (Wildman–Crippen MR) is 64.5 cm³/mol. The smallest absolute Gasteiger partial charge is 0.132 e. The van der Waals surface area contributed by atoms with E-state index in [1.165, 1.54) is 25.7 Å². The summed E-state index contributed by atoms with van der Waals surface area (Å²) in [4.78, 5) is 9.22. The van der Waals surface area contributed by atoms with Crippen molar-refractivity contribution in [3.8, 4) is 0 Å². The summed E-state index contributed by atoms with van der Waals surface area (Å²) in [5.74, 6) is 3.95. The first kappa shape index (κ1) is 10.5. The average molecular weight is 237 g/mol. The van der Waals surface area contributed by atoms with Gasteiger partial charge in [0.05, 0.1) is 11.6 Å². The van der Waals surface area contributed by atoms with Crippen LogP contribution in [0.4, 0.5) is 0 Å². The van der Waals surface area contributed by atoms with Crippen molar-refractivity contribution in [2.75, 3.05) is 0 Å². The largest absolute Gasteiger partial charge is 0.238 e. The second kappa shape index (κ2) is 3.99. The van der Waals surface area contributed by atoms with Gasteiger partial charge in [-0.05, 0) is 44.1 Å². The van der Waals surface area contributed by atoms with Crippen molar-refractivity contribution in [3.63, 3.8) is 0 Å². The van der Waals surface area contributed by atoms with E-state index in [9.17, 15) is 0 Å². The number of hydrogen-bond donors (Lipinski definition) is 0. The minimum atomic E-state index is 0.497. The Balaban J connectivity index is 1.91. The van der Waals surface area contributed by atoms with Gasteiger partial charge in [-0.25, -0.2) is 9.97 Å². The van der Waals surface area contributed by atoms with Gasteiger partial charge in [0.1, 0.15) is 5.82 Å². The zero-order valence-corrected chi connectivity index (χ0v) is 10.4. The molecule has 3 heteroatoms. The molecule has 2 aliphatic carbocycles. The van der Waals surface area contributed by atoms with E-state index in [4.69, 9.17) is 11.6 Å². The van der Waals surface area contributed by atoms with Gasteiger partial charge >= 0.3 is 0 Å². The van der Waals surface area contributed by atoms with Crippen molar-refractivity contribution in [2.45, 2.75) is 44.4 Å². The Kier molecular flexibility index (Phi) is 2.62. The Hall–Kier alpha value is -0.630. The third kappa shape index (κ3) is 1.73. The molecule has 2 aliphatic rings. The molecule has 0 spiro atoms. The molecule has 3 rings (SSSR count). The van der Waals surface area contributed by atoms with Crippen LogP contribution in [-0.2, 0) is 5.88 Å². The molecule has 3 unspecified atom stereocenters. The number of hydrogen-bond acceptors (Lipinski definition) is 2. The lowest BCUT2D eigenvalue weighted by molar-refractivity contribution is 0.404. The molecule has 2 saturated carbocycles. The molecule has 1 heterocycles. The standard InChI is InChI=1S/C13H17ClN2/c1-8-4-11(7-14)16-13(15-8)12-6-9-2-3-10(12)5-9/h4,9-10,12H,2-3,5-7H2,1H3. The minimum Gasteiger partial charge on any atom is -0.238 e. The number of halogens is 1.